The molecule has 0 amide bonds. The minimum Gasteiger partial charge on any atom is -0.443 e. The van der Waals surface area contributed by atoms with Crippen molar-refractivity contribution in [1.82, 2.24) is 0 Å². The molecule has 0 N–H and O–H groups in total. The Labute approximate surface area is 218 Å². The molecule has 0 saturated carbocycles. The van der Waals surface area contributed by atoms with Crippen LogP contribution in [0.15, 0.2) is 118 Å². The molecule has 1 atom stereocenters. The minimum absolute atomic E-state index is 0.0949. The first-order valence-electron chi connectivity index (χ1n) is 11.7. The summed E-state index contributed by atoms with van der Waals surface area (Å²) in [5.41, 5.74) is 4.05. The molecule has 36 heavy (non-hydrogen) atoms. The molecule has 0 bridgehead atoms. The van der Waals surface area contributed by atoms with E-state index in [1.54, 1.807) is 24.3 Å². The molecule has 0 aliphatic rings. The van der Waals surface area contributed by atoms with E-state index in [1.165, 1.54) is 17.3 Å². The number of aliphatic imine (C=N–C) groups is 1. The van der Waals surface area contributed by atoms with Gasteiger partial charge in [0.05, 0.1) is 17.0 Å². The molecule has 4 rings (SSSR count). The van der Waals surface area contributed by atoms with E-state index >= 15 is 0 Å². The Bertz CT molecular complexity index is 1450. The van der Waals surface area contributed by atoms with E-state index < -0.39 is 14.4 Å². The molecular weight excluding hydrogens is 486 g/mol. The number of nitrogens with zero attached hydrogens (tertiary/aromatic N) is 1. The Morgan fingerprint density at radius 1 is 0.806 bits per heavy atom. The van der Waals surface area contributed by atoms with Gasteiger partial charge in [0.15, 0.2) is 15.7 Å². The topological polar surface area (TPSA) is 55.7 Å². The van der Waals surface area contributed by atoms with Gasteiger partial charge >= 0.3 is 0 Å². The smallest absolute Gasteiger partial charge is 0.197 e. The maximum absolute atomic E-state index is 13.8. The summed E-state index contributed by atoms with van der Waals surface area (Å²) in [6.45, 7) is 6.07. The summed E-state index contributed by atoms with van der Waals surface area (Å²) < 4.78 is 33.0. The van der Waals surface area contributed by atoms with Crippen molar-refractivity contribution in [2.24, 2.45) is 4.99 Å². The van der Waals surface area contributed by atoms with Crippen LogP contribution >= 0.6 is 11.8 Å². The first-order chi connectivity index (χ1) is 17.3. The lowest BCUT2D eigenvalue weighted by molar-refractivity contribution is 0.531. The first kappa shape index (κ1) is 25.7. The van der Waals surface area contributed by atoms with Crippen LogP contribution in [0.25, 0.3) is 0 Å². The highest BCUT2D eigenvalue weighted by Crippen LogP contribution is 2.34. The fourth-order valence-electron chi connectivity index (χ4n) is 3.63. The fourth-order valence-corrected chi connectivity index (χ4v) is 6.85. The molecule has 4 aromatic carbocycles. The molecule has 4 aromatic rings. The summed E-state index contributed by atoms with van der Waals surface area (Å²) in [7, 11) is -3.70. The third-order valence-electron chi connectivity index (χ3n) is 5.74. The number of ether oxygens (including phenoxy) is 1. The van der Waals surface area contributed by atoms with Crippen LogP contribution in [0.4, 0.5) is 5.69 Å². The molecular formula is C30H29NO3S2. The molecule has 0 spiro atoms. The maximum atomic E-state index is 13.8. The molecule has 0 fully saturated rings. The van der Waals surface area contributed by atoms with Gasteiger partial charge in [-0.25, -0.2) is 13.4 Å². The monoisotopic (exact) mass is 515 g/mol. The number of hydrogen-bond acceptors (Lipinski definition) is 5. The van der Waals surface area contributed by atoms with Crippen molar-refractivity contribution in [3.05, 3.63) is 120 Å². The van der Waals surface area contributed by atoms with Crippen molar-refractivity contribution >= 4 is 33.2 Å². The molecule has 1 unspecified atom stereocenters. The highest BCUT2D eigenvalue weighted by molar-refractivity contribution is 8.13. The molecule has 0 saturated heterocycles. The molecule has 0 radical (unpaired) electrons. The van der Waals surface area contributed by atoms with Crippen LogP contribution in [-0.2, 0) is 9.84 Å². The lowest BCUT2D eigenvalue weighted by atomic mass is 10.1. The molecule has 6 heteroatoms. The Morgan fingerprint density at radius 2 is 1.50 bits per heavy atom. The van der Waals surface area contributed by atoms with E-state index in [2.05, 4.69) is 0 Å². The first-order valence-corrected chi connectivity index (χ1v) is 14.1. The van der Waals surface area contributed by atoms with Crippen LogP contribution in [0.5, 0.6) is 5.75 Å². The van der Waals surface area contributed by atoms with Gasteiger partial charge in [-0.2, -0.15) is 0 Å². The average Bonchev–Trinajstić information content (AvgIpc) is 2.87. The minimum atomic E-state index is -3.70. The molecule has 0 aromatic heterocycles. The van der Waals surface area contributed by atoms with Gasteiger partial charge in [-0.3, -0.25) is 0 Å². The van der Waals surface area contributed by atoms with Gasteiger partial charge in [-0.05, 0) is 86.0 Å². The van der Waals surface area contributed by atoms with Crippen molar-refractivity contribution in [2.45, 2.75) is 41.6 Å². The number of rotatable bonds is 8. The Hall–Kier alpha value is -3.35. The Kier molecular flexibility index (Phi) is 8.28. The zero-order valence-electron chi connectivity index (χ0n) is 20.6. The normalized spacial score (nSPS) is 12.8. The standard InChI is InChI=1S/C30H29NO3S2/c1-22-11-10-12-26(19-22)34-29(31-25-18-17-23(2)24(3)20-25)21-30(35-27-13-6-4-7-14-27)36(32,33)28-15-8-5-9-16-28/h4-20,30H,21H2,1-3H3. The summed E-state index contributed by atoms with van der Waals surface area (Å²) >= 11 is 1.30. The Balaban J connectivity index is 1.76. The van der Waals surface area contributed by atoms with Crippen molar-refractivity contribution in [1.29, 1.82) is 0 Å². The average molecular weight is 516 g/mol. The molecule has 4 nitrogen and oxygen atoms in total. The highest BCUT2D eigenvalue weighted by Gasteiger charge is 2.31. The van der Waals surface area contributed by atoms with Crippen molar-refractivity contribution in [3.63, 3.8) is 0 Å². The van der Waals surface area contributed by atoms with Crippen molar-refractivity contribution in [2.75, 3.05) is 0 Å². The lowest BCUT2D eigenvalue weighted by Crippen LogP contribution is -2.24. The van der Waals surface area contributed by atoms with E-state index in [1.807, 2.05) is 99.6 Å². The van der Waals surface area contributed by atoms with E-state index in [9.17, 15) is 8.42 Å². The van der Waals surface area contributed by atoms with Gasteiger partial charge in [0, 0.05) is 4.90 Å². The summed E-state index contributed by atoms with van der Waals surface area (Å²) in [4.78, 5) is 5.93. The van der Waals surface area contributed by atoms with Gasteiger partial charge in [-0.15, -0.1) is 11.8 Å². The second kappa shape index (κ2) is 11.6. The summed E-state index contributed by atoms with van der Waals surface area (Å²) in [6, 6.07) is 31.7. The SMILES string of the molecule is Cc1cccc(OC(CC(Sc2ccccc2)S(=O)(=O)c2ccccc2)=Nc2ccc(C)c(C)c2)c1. The highest BCUT2D eigenvalue weighted by atomic mass is 32.3. The van der Waals surface area contributed by atoms with Crippen LogP contribution in [0.2, 0.25) is 0 Å². The number of thioether (sulfide) groups is 1. The van der Waals surface area contributed by atoms with Gasteiger partial charge in [0.25, 0.3) is 0 Å². The third-order valence-corrected chi connectivity index (χ3v) is 9.55. The van der Waals surface area contributed by atoms with Gasteiger partial charge in [0.2, 0.25) is 0 Å². The van der Waals surface area contributed by atoms with E-state index in [0.717, 1.165) is 21.7 Å². The summed E-state index contributed by atoms with van der Waals surface area (Å²) in [5.74, 6) is 0.968. The van der Waals surface area contributed by atoms with E-state index in [4.69, 9.17) is 9.73 Å². The summed E-state index contributed by atoms with van der Waals surface area (Å²) in [5, 5.41) is 0. The second-order valence-electron chi connectivity index (χ2n) is 8.62. The maximum Gasteiger partial charge on any atom is 0.197 e. The van der Waals surface area contributed by atoms with Crippen molar-refractivity contribution in [3.8, 4) is 5.75 Å². The van der Waals surface area contributed by atoms with Crippen molar-refractivity contribution < 1.29 is 13.2 Å². The zero-order chi connectivity index (χ0) is 25.5. The van der Waals surface area contributed by atoms with Crippen LogP contribution in [0.1, 0.15) is 23.1 Å². The third kappa shape index (κ3) is 6.65. The van der Waals surface area contributed by atoms with E-state index in [-0.39, 0.29) is 11.3 Å². The van der Waals surface area contributed by atoms with Gasteiger partial charge < -0.3 is 4.74 Å². The van der Waals surface area contributed by atoms with Gasteiger partial charge in [-0.1, -0.05) is 54.6 Å². The predicted octanol–water partition coefficient (Wildman–Crippen LogP) is 7.70. The predicted molar refractivity (Wildman–Crippen MR) is 149 cm³/mol. The molecule has 0 heterocycles. The van der Waals surface area contributed by atoms with Crippen LogP contribution < -0.4 is 4.74 Å². The fraction of sp³-hybridized carbons (Fsp3) is 0.167. The van der Waals surface area contributed by atoms with E-state index in [0.29, 0.717) is 11.6 Å². The number of sulfone groups is 1. The molecule has 0 aliphatic carbocycles. The van der Waals surface area contributed by atoms with Gasteiger partial charge in [0.1, 0.15) is 10.3 Å². The Morgan fingerprint density at radius 3 is 2.17 bits per heavy atom. The summed E-state index contributed by atoms with van der Waals surface area (Å²) in [6.07, 6.45) is 0.0949. The zero-order valence-corrected chi connectivity index (χ0v) is 22.2. The second-order valence-corrected chi connectivity index (χ2v) is 12.3. The van der Waals surface area contributed by atoms with Crippen LogP contribution in [-0.4, -0.2) is 18.9 Å². The number of benzene rings is 4. The molecule has 184 valence electrons. The quantitative estimate of drug-likeness (QED) is 0.137. The number of hydrogen-bond donors (Lipinski definition) is 0. The largest absolute Gasteiger partial charge is 0.443 e. The molecule has 0 aliphatic heterocycles. The lowest BCUT2D eigenvalue weighted by Gasteiger charge is -2.19. The van der Waals surface area contributed by atoms with Crippen LogP contribution in [0.3, 0.4) is 0 Å². The number of aryl methyl sites for hydroxylation is 3. The van der Waals surface area contributed by atoms with Crippen LogP contribution in [0, 0.1) is 20.8 Å².